The van der Waals surface area contributed by atoms with Crippen LogP contribution in [-0.4, -0.2) is 27.5 Å². The molecule has 1 amide bonds. The fourth-order valence-electron chi connectivity index (χ4n) is 1.16. The van der Waals surface area contributed by atoms with E-state index in [0.717, 1.165) is 5.82 Å². The molecule has 0 saturated carbocycles. The summed E-state index contributed by atoms with van der Waals surface area (Å²) in [7, 11) is 0. The third-order valence-corrected chi connectivity index (χ3v) is 2.15. The zero-order valence-electron chi connectivity index (χ0n) is 10.3. The van der Waals surface area contributed by atoms with Crippen LogP contribution in [0.1, 0.15) is 19.7 Å². The summed E-state index contributed by atoms with van der Waals surface area (Å²) in [5.74, 6) is 0.802. The molecule has 0 spiro atoms. The molecule has 0 aliphatic rings. The van der Waals surface area contributed by atoms with Gasteiger partial charge in [-0.25, -0.2) is 4.98 Å². The first-order chi connectivity index (χ1) is 6.91. The fourth-order valence-corrected chi connectivity index (χ4v) is 1.16. The van der Waals surface area contributed by atoms with Crippen molar-refractivity contribution in [1.82, 2.24) is 14.9 Å². The van der Waals surface area contributed by atoms with E-state index in [1.165, 1.54) is 0 Å². The maximum absolute atomic E-state index is 11.4. The molecular formula is C10H20Cl2N4O. The molecule has 7 heteroatoms. The molecule has 3 N–H and O–H groups in total. The third-order valence-electron chi connectivity index (χ3n) is 2.15. The fraction of sp³-hybridized carbons (Fsp3) is 0.600. The molecule has 0 aliphatic heterocycles. The van der Waals surface area contributed by atoms with Crippen molar-refractivity contribution in [2.75, 3.05) is 6.54 Å². The predicted molar refractivity (Wildman–Crippen MR) is 72.7 cm³/mol. The number of nitrogens with one attached hydrogen (secondary N) is 1. The lowest BCUT2D eigenvalue weighted by Gasteiger charge is -2.17. The predicted octanol–water partition coefficient (Wildman–Crippen LogP) is 0.889. The van der Waals surface area contributed by atoms with Crippen LogP contribution in [0.15, 0.2) is 12.4 Å². The van der Waals surface area contributed by atoms with Crippen LogP contribution in [0, 0.1) is 6.92 Å². The summed E-state index contributed by atoms with van der Waals surface area (Å²) in [6.07, 6.45) is 3.62. The van der Waals surface area contributed by atoms with E-state index in [0.29, 0.717) is 13.1 Å². The molecule has 0 atom stereocenters. The third kappa shape index (κ3) is 5.91. The van der Waals surface area contributed by atoms with Gasteiger partial charge in [0.05, 0.1) is 5.54 Å². The number of aryl methyl sites for hydroxylation is 1. The van der Waals surface area contributed by atoms with Crippen molar-refractivity contribution >= 4 is 30.7 Å². The molecule has 0 bridgehead atoms. The second-order valence-electron chi connectivity index (χ2n) is 4.15. The van der Waals surface area contributed by atoms with Gasteiger partial charge in [0.2, 0.25) is 5.91 Å². The summed E-state index contributed by atoms with van der Waals surface area (Å²) in [4.78, 5) is 15.5. The number of amides is 1. The van der Waals surface area contributed by atoms with Gasteiger partial charge in [0.25, 0.3) is 0 Å². The lowest BCUT2D eigenvalue weighted by atomic mass is 10.1. The zero-order valence-corrected chi connectivity index (χ0v) is 11.9. The Balaban J connectivity index is 0. The molecule has 0 aromatic carbocycles. The van der Waals surface area contributed by atoms with E-state index in [9.17, 15) is 4.79 Å². The van der Waals surface area contributed by atoms with Gasteiger partial charge in [0.15, 0.2) is 0 Å². The number of imidazole rings is 1. The highest BCUT2D eigenvalue weighted by Crippen LogP contribution is 1.96. The van der Waals surface area contributed by atoms with E-state index in [-0.39, 0.29) is 30.7 Å². The molecule has 100 valence electrons. The number of carbonyl (C=O) groups is 1. The van der Waals surface area contributed by atoms with Crippen molar-refractivity contribution < 1.29 is 4.79 Å². The van der Waals surface area contributed by atoms with Crippen molar-refractivity contribution in [1.29, 1.82) is 0 Å². The van der Waals surface area contributed by atoms with Crippen LogP contribution in [0.25, 0.3) is 0 Å². The summed E-state index contributed by atoms with van der Waals surface area (Å²) in [6.45, 7) is 6.58. The molecule has 1 heterocycles. The van der Waals surface area contributed by atoms with E-state index in [4.69, 9.17) is 5.73 Å². The second kappa shape index (κ2) is 7.53. The van der Waals surface area contributed by atoms with Crippen molar-refractivity contribution in [3.05, 3.63) is 18.2 Å². The topological polar surface area (TPSA) is 72.9 Å². The van der Waals surface area contributed by atoms with E-state index in [1.54, 1.807) is 20.0 Å². The maximum Gasteiger partial charge on any atom is 0.239 e. The zero-order chi connectivity index (χ0) is 11.5. The number of hydrogen-bond acceptors (Lipinski definition) is 3. The minimum atomic E-state index is -0.815. The minimum absolute atomic E-state index is 0. The number of nitrogens with two attached hydrogens (primary N) is 1. The first-order valence-corrected chi connectivity index (χ1v) is 4.96. The molecule has 0 radical (unpaired) electrons. The van der Waals surface area contributed by atoms with E-state index >= 15 is 0 Å². The van der Waals surface area contributed by atoms with Gasteiger partial charge in [-0.3, -0.25) is 4.79 Å². The van der Waals surface area contributed by atoms with Gasteiger partial charge >= 0.3 is 0 Å². The van der Waals surface area contributed by atoms with Crippen LogP contribution in [0.4, 0.5) is 0 Å². The molecule has 0 unspecified atom stereocenters. The SMILES string of the molecule is Cc1nccn1CCNC(=O)C(C)(C)N.Cl.Cl. The van der Waals surface area contributed by atoms with Gasteiger partial charge in [0, 0.05) is 25.5 Å². The van der Waals surface area contributed by atoms with Gasteiger partial charge in [-0.15, -0.1) is 24.8 Å². The van der Waals surface area contributed by atoms with Crippen LogP contribution >= 0.6 is 24.8 Å². The van der Waals surface area contributed by atoms with Crippen LogP contribution in [0.5, 0.6) is 0 Å². The minimum Gasteiger partial charge on any atom is -0.353 e. The van der Waals surface area contributed by atoms with Gasteiger partial charge in [0.1, 0.15) is 5.82 Å². The Morgan fingerprint density at radius 1 is 1.53 bits per heavy atom. The number of nitrogens with zero attached hydrogens (tertiary/aromatic N) is 2. The molecule has 17 heavy (non-hydrogen) atoms. The van der Waals surface area contributed by atoms with Crippen LogP contribution < -0.4 is 11.1 Å². The summed E-state index contributed by atoms with van der Waals surface area (Å²) < 4.78 is 1.98. The van der Waals surface area contributed by atoms with E-state index < -0.39 is 5.54 Å². The van der Waals surface area contributed by atoms with Gasteiger partial charge in [-0.2, -0.15) is 0 Å². The summed E-state index contributed by atoms with van der Waals surface area (Å²) >= 11 is 0. The molecule has 1 rings (SSSR count). The Hall–Kier alpha value is -0.780. The Bertz CT molecular complexity index is 346. The van der Waals surface area contributed by atoms with Gasteiger partial charge in [-0.1, -0.05) is 0 Å². The van der Waals surface area contributed by atoms with Gasteiger partial charge < -0.3 is 15.6 Å². The smallest absolute Gasteiger partial charge is 0.239 e. The first-order valence-electron chi connectivity index (χ1n) is 4.96. The monoisotopic (exact) mass is 282 g/mol. The van der Waals surface area contributed by atoms with Crippen LogP contribution in [-0.2, 0) is 11.3 Å². The average Bonchev–Trinajstić information content (AvgIpc) is 2.50. The van der Waals surface area contributed by atoms with Crippen LogP contribution in [0.3, 0.4) is 0 Å². The first kappa shape index (κ1) is 18.6. The number of rotatable bonds is 4. The Morgan fingerprint density at radius 2 is 2.12 bits per heavy atom. The molecule has 0 saturated heterocycles. The summed E-state index contributed by atoms with van der Waals surface area (Å²) in [5, 5.41) is 2.78. The molecule has 5 nitrogen and oxygen atoms in total. The number of aromatic nitrogens is 2. The highest BCUT2D eigenvalue weighted by molar-refractivity contribution is 5.85. The summed E-state index contributed by atoms with van der Waals surface area (Å²) in [5.41, 5.74) is 4.82. The highest BCUT2D eigenvalue weighted by atomic mass is 35.5. The van der Waals surface area contributed by atoms with Gasteiger partial charge in [-0.05, 0) is 20.8 Å². The largest absolute Gasteiger partial charge is 0.353 e. The molecule has 0 aliphatic carbocycles. The Labute approximate surface area is 114 Å². The quantitative estimate of drug-likeness (QED) is 0.862. The number of carbonyl (C=O) groups excluding carboxylic acids is 1. The van der Waals surface area contributed by atoms with Crippen molar-refractivity contribution in [3.63, 3.8) is 0 Å². The molecule has 1 aromatic rings. The van der Waals surface area contributed by atoms with E-state index in [1.807, 2.05) is 17.7 Å². The Morgan fingerprint density at radius 3 is 2.53 bits per heavy atom. The average molecular weight is 283 g/mol. The van der Waals surface area contributed by atoms with Crippen molar-refractivity contribution in [2.24, 2.45) is 5.73 Å². The summed E-state index contributed by atoms with van der Waals surface area (Å²) in [6, 6.07) is 0. The lowest BCUT2D eigenvalue weighted by Crippen LogP contribution is -2.49. The lowest BCUT2D eigenvalue weighted by molar-refractivity contribution is -0.125. The van der Waals surface area contributed by atoms with Crippen molar-refractivity contribution in [2.45, 2.75) is 32.9 Å². The standard InChI is InChI=1S/C10H18N4O.2ClH/c1-8-12-4-6-14(8)7-5-13-9(15)10(2,3)11;;/h4,6H,5,7,11H2,1-3H3,(H,13,15);2*1H. The molecule has 1 aromatic heterocycles. The maximum atomic E-state index is 11.4. The second-order valence-corrected chi connectivity index (χ2v) is 4.15. The normalized spacial score (nSPS) is 10.1. The number of halogens is 2. The highest BCUT2D eigenvalue weighted by Gasteiger charge is 2.20. The molecular weight excluding hydrogens is 263 g/mol. The number of hydrogen-bond donors (Lipinski definition) is 2. The van der Waals surface area contributed by atoms with E-state index in [2.05, 4.69) is 10.3 Å². The van der Waals surface area contributed by atoms with Crippen LogP contribution in [0.2, 0.25) is 0 Å². The van der Waals surface area contributed by atoms with Crippen molar-refractivity contribution in [3.8, 4) is 0 Å². The Kier molecular flexibility index (Phi) is 8.23. The molecule has 0 fully saturated rings.